The molecular weight excluding hydrogens is 218 g/mol. The highest BCUT2D eigenvalue weighted by atomic mass is 32.2. The largest absolute Gasteiger partial charge is 0.492 e. The Hall–Kier alpha value is -1.65. The zero-order chi connectivity index (χ0) is 11.3. The highest BCUT2D eigenvalue weighted by Crippen LogP contribution is 2.24. The number of ether oxygens (including phenoxy) is 1. The van der Waals surface area contributed by atoms with E-state index in [1.165, 1.54) is 18.2 Å². The Balaban J connectivity index is 3.30. The first-order chi connectivity index (χ1) is 7.11. The van der Waals surface area contributed by atoms with Crippen LogP contribution >= 0.6 is 0 Å². The van der Waals surface area contributed by atoms with Crippen LogP contribution in [0.2, 0.25) is 0 Å². The van der Waals surface area contributed by atoms with Gasteiger partial charge in [-0.1, -0.05) is 16.5 Å². The van der Waals surface area contributed by atoms with Crippen molar-refractivity contribution < 1.29 is 17.9 Å². The van der Waals surface area contributed by atoms with Gasteiger partial charge in [-0.2, -0.15) is 8.42 Å². The lowest BCUT2D eigenvalue weighted by Crippen LogP contribution is -2.01. The van der Waals surface area contributed by atoms with Gasteiger partial charge in [0.2, 0.25) is 0 Å². The van der Waals surface area contributed by atoms with E-state index in [4.69, 9.17) is 4.74 Å². The summed E-state index contributed by atoms with van der Waals surface area (Å²) in [6.45, 7) is 2.06. The van der Waals surface area contributed by atoms with Crippen LogP contribution in [0.3, 0.4) is 0 Å². The Kier molecular flexibility index (Phi) is 3.60. The average molecular weight is 227 g/mol. The van der Waals surface area contributed by atoms with Crippen LogP contribution in [0, 0.1) is 0 Å². The summed E-state index contributed by atoms with van der Waals surface area (Å²) in [4.78, 5) is 9.82. The number of para-hydroxylation sites is 1. The standard InChI is InChI=1S/C9H9NO4S/c1-2-14-8-5-3-4-6-9(8)15(12,13)10-7-11/h3-6H,2H2,1H3. The van der Waals surface area contributed by atoms with Crippen LogP contribution < -0.4 is 4.74 Å². The van der Waals surface area contributed by atoms with E-state index in [2.05, 4.69) is 4.40 Å². The minimum Gasteiger partial charge on any atom is -0.492 e. The molecule has 0 heterocycles. The van der Waals surface area contributed by atoms with Gasteiger partial charge in [0.25, 0.3) is 16.1 Å². The summed E-state index contributed by atoms with van der Waals surface area (Å²) >= 11 is 0. The summed E-state index contributed by atoms with van der Waals surface area (Å²) in [5.41, 5.74) is 0. The van der Waals surface area contributed by atoms with Crippen molar-refractivity contribution in [3.63, 3.8) is 0 Å². The Bertz CT molecular complexity index is 489. The maximum Gasteiger partial charge on any atom is 0.296 e. The molecule has 5 nitrogen and oxygen atoms in total. The van der Waals surface area contributed by atoms with Crippen molar-refractivity contribution >= 4 is 16.1 Å². The van der Waals surface area contributed by atoms with Gasteiger partial charge in [0.1, 0.15) is 10.6 Å². The van der Waals surface area contributed by atoms with Crippen LogP contribution in [0.5, 0.6) is 5.75 Å². The normalized spacial score (nSPS) is 10.5. The summed E-state index contributed by atoms with van der Waals surface area (Å²) in [5, 5.41) is 0. The number of hydrogen-bond acceptors (Lipinski definition) is 4. The molecule has 6 heteroatoms. The number of hydrogen-bond donors (Lipinski definition) is 0. The number of nitrogens with zero attached hydrogens (tertiary/aromatic N) is 1. The van der Waals surface area contributed by atoms with E-state index in [1.807, 2.05) is 0 Å². The van der Waals surface area contributed by atoms with E-state index in [0.29, 0.717) is 6.61 Å². The molecule has 1 aromatic rings. The number of sulfonamides is 1. The third-order valence-electron chi connectivity index (χ3n) is 1.58. The van der Waals surface area contributed by atoms with Crippen molar-refractivity contribution in [2.75, 3.05) is 6.61 Å². The van der Waals surface area contributed by atoms with Crippen LogP contribution in [-0.4, -0.2) is 21.1 Å². The fourth-order valence-corrected chi connectivity index (χ4v) is 1.86. The fraction of sp³-hybridized carbons (Fsp3) is 0.222. The zero-order valence-electron chi connectivity index (χ0n) is 8.00. The molecule has 0 N–H and O–H groups in total. The van der Waals surface area contributed by atoms with Crippen molar-refractivity contribution in [1.82, 2.24) is 0 Å². The molecule has 0 saturated heterocycles. The number of rotatable bonds is 4. The number of carbonyl (C=O) groups excluding carboxylic acids is 1. The molecule has 0 amide bonds. The molecule has 0 aliphatic heterocycles. The second-order valence-corrected chi connectivity index (χ2v) is 4.11. The molecule has 0 saturated carbocycles. The second kappa shape index (κ2) is 4.72. The molecule has 0 aromatic heterocycles. The Labute approximate surface area is 87.5 Å². The van der Waals surface area contributed by atoms with Gasteiger partial charge in [0.05, 0.1) is 6.61 Å². The molecule has 0 unspecified atom stereocenters. The lowest BCUT2D eigenvalue weighted by atomic mass is 10.3. The minimum absolute atomic E-state index is 0.129. The van der Waals surface area contributed by atoms with E-state index >= 15 is 0 Å². The van der Waals surface area contributed by atoms with Crippen LogP contribution in [-0.2, 0) is 14.8 Å². The molecular formula is C9H9NO4S. The summed E-state index contributed by atoms with van der Waals surface area (Å²) in [5.74, 6) is 0.180. The Morgan fingerprint density at radius 2 is 2.07 bits per heavy atom. The smallest absolute Gasteiger partial charge is 0.296 e. The van der Waals surface area contributed by atoms with Crippen molar-refractivity contribution in [2.45, 2.75) is 11.8 Å². The van der Waals surface area contributed by atoms with Crippen molar-refractivity contribution in [2.24, 2.45) is 4.40 Å². The van der Waals surface area contributed by atoms with E-state index in [9.17, 15) is 13.2 Å². The van der Waals surface area contributed by atoms with E-state index in [0.717, 1.165) is 6.08 Å². The van der Waals surface area contributed by atoms with E-state index in [1.54, 1.807) is 13.0 Å². The lowest BCUT2D eigenvalue weighted by molar-refractivity contribution is 0.331. The molecule has 0 fully saturated rings. The van der Waals surface area contributed by atoms with Gasteiger partial charge in [0.15, 0.2) is 0 Å². The maximum atomic E-state index is 11.4. The SMILES string of the molecule is CCOc1ccccc1S(=O)(=O)N=C=O. The average Bonchev–Trinajstić information content (AvgIpc) is 2.19. The van der Waals surface area contributed by atoms with Crippen molar-refractivity contribution in [3.05, 3.63) is 24.3 Å². The fourth-order valence-electron chi connectivity index (χ4n) is 1.04. The third kappa shape index (κ3) is 2.65. The Morgan fingerprint density at radius 1 is 1.40 bits per heavy atom. The molecule has 0 spiro atoms. The van der Waals surface area contributed by atoms with E-state index in [-0.39, 0.29) is 10.6 Å². The predicted octanol–water partition coefficient (Wildman–Crippen LogP) is 1.11. The third-order valence-corrected chi connectivity index (χ3v) is 2.79. The van der Waals surface area contributed by atoms with Gasteiger partial charge in [-0.3, -0.25) is 0 Å². The van der Waals surface area contributed by atoms with Gasteiger partial charge in [-0.15, -0.1) is 0 Å². The molecule has 0 aliphatic carbocycles. The van der Waals surface area contributed by atoms with Gasteiger partial charge in [-0.05, 0) is 19.1 Å². The van der Waals surface area contributed by atoms with Crippen LogP contribution in [0.4, 0.5) is 0 Å². The summed E-state index contributed by atoms with van der Waals surface area (Å²) < 4.78 is 30.7. The molecule has 0 radical (unpaired) electrons. The van der Waals surface area contributed by atoms with Crippen LogP contribution in [0.1, 0.15) is 6.92 Å². The van der Waals surface area contributed by atoms with Crippen LogP contribution in [0.25, 0.3) is 0 Å². The second-order valence-electron chi connectivity index (χ2n) is 2.54. The molecule has 80 valence electrons. The first-order valence-electron chi connectivity index (χ1n) is 4.18. The summed E-state index contributed by atoms with van der Waals surface area (Å²) in [7, 11) is -3.99. The number of benzene rings is 1. The predicted molar refractivity (Wildman–Crippen MR) is 52.9 cm³/mol. The van der Waals surface area contributed by atoms with Crippen molar-refractivity contribution in [1.29, 1.82) is 0 Å². The quantitative estimate of drug-likeness (QED) is 0.570. The van der Waals surface area contributed by atoms with Gasteiger partial charge >= 0.3 is 0 Å². The minimum atomic E-state index is -3.99. The maximum absolute atomic E-state index is 11.4. The highest BCUT2D eigenvalue weighted by Gasteiger charge is 2.17. The van der Waals surface area contributed by atoms with Crippen molar-refractivity contribution in [3.8, 4) is 5.75 Å². The monoisotopic (exact) mass is 227 g/mol. The van der Waals surface area contributed by atoms with Crippen LogP contribution in [0.15, 0.2) is 33.6 Å². The molecule has 1 aromatic carbocycles. The van der Waals surface area contributed by atoms with Gasteiger partial charge < -0.3 is 4.74 Å². The summed E-state index contributed by atoms with van der Waals surface area (Å²) in [6.07, 6.45) is 1.01. The Morgan fingerprint density at radius 3 is 2.67 bits per heavy atom. The molecule has 15 heavy (non-hydrogen) atoms. The highest BCUT2D eigenvalue weighted by molar-refractivity contribution is 7.90. The molecule has 1 rings (SSSR count). The molecule has 0 aliphatic rings. The lowest BCUT2D eigenvalue weighted by Gasteiger charge is -2.06. The summed E-state index contributed by atoms with van der Waals surface area (Å²) in [6, 6.07) is 5.97. The first kappa shape index (κ1) is 11.4. The zero-order valence-corrected chi connectivity index (χ0v) is 8.82. The van der Waals surface area contributed by atoms with Gasteiger partial charge in [0, 0.05) is 0 Å². The molecule has 0 atom stereocenters. The first-order valence-corrected chi connectivity index (χ1v) is 5.62. The van der Waals surface area contributed by atoms with Gasteiger partial charge in [-0.25, -0.2) is 4.79 Å². The van der Waals surface area contributed by atoms with E-state index < -0.39 is 10.0 Å². The molecule has 0 bridgehead atoms. The topological polar surface area (TPSA) is 72.8 Å². The number of isocyanates is 1.